The number of nitrogens with zero attached hydrogens (tertiary/aromatic N) is 12. The van der Waals surface area contributed by atoms with Crippen LogP contribution in [-0.4, -0.2) is 71.6 Å². The van der Waals surface area contributed by atoms with Crippen molar-refractivity contribution in [3.63, 3.8) is 0 Å². The van der Waals surface area contributed by atoms with E-state index in [1.807, 2.05) is 36.4 Å². The van der Waals surface area contributed by atoms with E-state index in [0.29, 0.717) is 33.2 Å². The van der Waals surface area contributed by atoms with E-state index in [0.717, 1.165) is 10.7 Å². The second-order valence-electron chi connectivity index (χ2n) is 11.9. The summed E-state index contributed by atoms with van der Waals surface area (Å²) >= 11 is 66.1. The van der Waals surface area contributed by atoms with Crippen LogP contribution in [0.2, 0.25) is 62.9 Å². The van der Waals surface area contributed by atoms with E-state index >= 15 is 0 Å². The van der Waals surface area contributed by atoms with Gasteiger partial charge < -0.3 is 33.6 Å². The third kappa shape index (κ3) is 23.5. The zero-order valence-electron chi connectivity index (χ0n) is 34.4. The van der Waals surface area contributed by atoms with Crippen molar-refractivity contribution < 1.29 is 15.3 Å². The van der Waals surface area contributed by atoms with E-state index < -0.39 is 11.8 Å². The number of benzene rings is 4. The molecule has 0 saturated carbocycles. The monoisotopic (exact) mass is 1190 g/mol. The Morgan fingerprint density at radius 3 is 1.09 bits per heavy atom. The molecule has 0 aliphatic rings. The van der Waals surface area contributed by atoms with E-state index in [1.54, 1.807) is 60.7 Å². The summed E-state index contributed by atoms with van der Waals surface area (Å²) in [5.74, 6) is -0.544. The smallest absolute Gasteiger partial charge is 0.248 e. The van der Waals surface area contributed by atoms with Crippen LogP contribution < -0.4 is 33.6 Å². The van der Waals surface area contributed by atoms with Gasteiger partial charge in [0.05, 0.1) is 10.7 Å². The molecule has 364 valence electrons. The molecule has 4 heterocycles. The number of nitrogen functional groups attached to an aromatic ring is 1. The molecular weight excluding hydrogens is 1170 g/mol. The van der Waals surface area contributed by atoms with Crippen LogP contribution in [0.25, 0.3) is 0 Å². The average Bonchev–Trinajstić information content (AvgIpc) is 3.25. The lowest BCUT2D eigenvalue weighted by Gasteiger charge is -2.06. The molecule has 0 bridgehead atoms. The normalized spacial score (nSPS) is 9.79. The molecule has 2 amide bonds. The molecule has 0 fully saturated rings. The summed E-state index contributed by atoms with van der Waals surface area (Å²) < 4.78 is 0. The Balaban J connectivity index is 0.000000229. The van der Waals surface area contributed by atoms with Gasteiger partial charge in [-0.25, -0.2) is 0 Å². The second-order valence-corrected chi connectivity index (χ2v) is 16.1. The van der Waals surface area contributed by atoms with Gasteiger partial charge in [0.25, 0.3) is 0 Å². The first-order valence-corrected chi connectivity index (χ1v) is 22.6. The first-order valence-electron chi connectivity index (χ1n) is 18.1. The SMILES string of the molecule is Clc1nc(Cl)nc(Cl)n1.Clc1nc(Cl)nc(Cl)n1.Clc1nc(Cl)nc(Nc2ccccc2Cl)n1.NC(=O)c1cccc(N)c1.NC(=O)c1cccc(Nc2nc(Cl)nc(Cl)n2)c1.[NH3+]c1ccccc1Cl. The number of quaternary nitrogens is 1. The van der Waals surface area contributed by atoms with E-state index in [4.69, 9.17) is 156 Å². The molecule has 0 atom stereocenters. The molecule has 4 aromatic heterocycles. The van der Waals surface area contributed by atoms with Crippen LogP contribution in [0.5, 0.6) is 0 Å². The predicted molar refractivity (Wildman–Crippen MR) is 276 cm³/mol. The molecule has 8 rings (SSSR count). The van der Waals surface area contributed by atoms with Crippen molar-refractivity contribution in [3.8, 4) is 0 Å². The first kappa shape index (κ1) is 59.0. The lowest BCUT2D eigenvalue weighted by Crippen LogP contribution is -2.40. The summed E-state index contributed by atoms with van der Waals surface area (Å²) in [6.07, 6.45) is 0. The Hall–Kier alpha value is -5.30. The molecule has 11 N–H and O–H groups in total. The van der Waals surface area contributed by atoms with Gasteiger partial charge >= 0.3 is 0 Å². The fourth-order valence-electron chi connectivity index (χ4n) is 4.12. The van der Waals surface area contributed by atoms with Crippen LogP contribution in [0.1, 0.15) is 20.7 Å². The number of anilines is 5. The van der Waals surface area contributed by atoms with Gasteiger partial charge in [-0.15, -0.1) is 0 Å². The van der Waals surface area contributed by atoms with E-state index in [1.165, 1.54) is 0 Å². The Labute approximate surface area is 456 Å². The second kappa shape index (κ2) is 30.4. The van der Waals surface area contributed by atoms with Crippen LogP contribution in [0.3, 0.4) is 0 Å². The molecule has 20 nitrogen and oxygen atoms in total. The molecule has 70 heavy (non-hydrogen) atoms. The highest BCUT2D eigenvalue weighted by atomic mass is 35.5. The topological polar surface area (TPSA) is 319 Å². The molecule has 32 heteroatoms. The standard InChI is InChI=1S/C10H7Cl2N5O.C9H5Cl3N4.C7H8N2O.C6H6ClN.2C3Cl3N3/c11-8-15-9(12)17-10(16-8)14-6-3-1-2-5(4-6)7(13)18;10-5-3-1-2-4-6(5)13-9-15-7(11)14-8(12)16-9;8-6-3-1-2-5(4-6)7(9)10;7-5-3-1-2-4-6(5)8;2*4-1-7-2(5)9-3(6)8-1/h1-4H,(H2,13,18)(H,14,15,16,17);1-4H,(H,13,14,15,16);1-4H,8H2,(H2,9,10);1-4H,8H2;;/p+1. The molecule has 0 unspecified atom stereocenters. The third-order valence-corrected chi connectivity index (χ3v) is 9.31. The van der Waals surface area contributed by atoms with Gasteiger partial charge in [-0.05, 0) is 171 Å². The number of para-hydroxylation sites is 1. The molecule has 8 aromatic rings. The van der Waals surface area contributed by atoms with Crippen LogP contribution in [-0.2, 0) is 0 Å². The Morgan fingerprint density at radius 1 is 0.400 bits per heavy atom. The minimum atomic E-state index is -0.523. The van der Waals surface area contributed by atoms with E-state index in [-0.39, 0.29) is 64.7 Å². The molecular formula is C38H27Cl12N18O2+. The van der Waals surface area contributed by atoms with Crippen molar-refractivity contribution >= 4 is 186 Å². The summed E-state index contributed by atoms with van der Waals surface area (Å²) in [6.45, 7) is 0. The molecule has 0 radical (unpaired) electrons. The van der Waals surface area contributed by atoms with Gasteiger partial charge in [0.15, 0.2) is 0 Å². The average molecular weight is 1190 g/mol. The molecule has 0 spiro atoms. The Bertz CT molecular complexity index is 2810. The number of nitrogens with two attached hydrogens (primary N) is 3. The minimum Gasteiger partial charge on any atom is -0.399 e. The largest absolute Gasteiger partial charge is 0.399 e. The maximum atomic E-state index is 11.0. The number of hydrogen-bond donors (Lipinski definition) is 6. The summed E-state index contributed by atoms with van der Waals surface area (Å²) in [4.78, 5) is 64.9. The van der Waals surface area contributed by atoms with Crippen molar-refractivity contribution in [2.24, 2.45) is 11.5 Å². The van der Waals surface area contributed by atoms with Gasteiger partial charge in [0.2, 0.25) is 76.5 Å². The highest BCUT2D eigenvalue weighted by Crippen LogP contribution is 2.24. The van der Waals surface area contributed by atoms with Gasteiger partial charge in [0.1, 0.15) is 10.7 Å². The van der Waals surface area contributed by atoms with Crippen LogP contribution in [0.4, 0.5) is 34.6 Å². The lowest BCUT2D eigenvalue weighted by atomic mass is 10.2. The van der Waals surface area contributed by atoms with Crippen molar-refractivity contribution in [2.45, 2.75) is 0 Å². The van der Waals surface area contributed by atoms with Gasteiger partial charge in [0, 0.05) is 28.6 Å². The summed E-state index contributed by atoms with van der Waals surface area (Å²) in [6, 6.07) is 27.8. The quantitative estimate of drug-likeness (QED) is 0.0843. The fourth-order valence-corrected chi connectivity index (χ4v) is 6.39. The van der Waals surface area contributed by atoms with Gasteiger partial charge in [-0.2, -0.15) is 59.8 Å². The fraction of sp³-hybridized carbons (Fsp3) is 0. The van der Waals surface area contributed by atoms with E-state index in [2.05, 4.69) is 76.2 Å². The van der Waals surface area contributed by atoms with E-state index in [9.17, 15) is 9.59 Å². The van der Waals surface area contributed by atoms with Gasteiger partial charge in [-0.1, -0.05) is 59.6 Å². The summed E-state index contributed by atoms with van der Waals surface area (Å²) in [5.41, 5.74) is 22.7. The molecule has 4 aromatic carbocycles. The van der Waals surface area contributed by atoms with Crippen LogP contribution >= 0.6 is 139 Å². The third-order valence-electron chi connectivity index (χ3n) is 6.92. The summed E-state index contributed by atoms with van der Waals surface area (Å²) in [5, 5.41) is 7.01. The number of primary amides is 2. The Kier molecular flexibility index (Phi) is 25.7. The van der Waals surface area contributed by atoms with Crippen molar-refractivity contribution in [2.75, 3.05) is 16.4 Å². The number of amides is 2. The minimum absolute atomic E-state index is 0.000000000000000444. The highest BCUT2D eigenvalue weighted by molar-refractivity contribution is 6.35. The van der Waals surface area contributed by atoms with Crippen molar-refractivity contribution in [1.82, 2.24) is 59.8 Å². The van der Waals surface area contributed by atoms with Crippen molar-refractivity contribution in [1.29, 1.82) is 0 Å². The number of halogens is 12. The van der Waals surface area contributed by atoms with Crippen LogP contribution in [0.15, 0.2) is 97.1 Å². The maximum absolute atomic E-state index is 11.0. The number of nitrogens with one attached hydrogen (secondary N) is 2. The number of hydrogen-bond acceptors (Lipinski definition) is 17. The molecule has 0 aliphatic heterocycles. The summed E-state index contributed by atoms with van der Waals surface area (Å²) in [7, 11) is 0. The lowest BCUT2D eigenvalue weighted by molar-refractivity contribution is -0.254. The number of aromatic nitrogens is 12. The number of carbonyl (C=O) groups is 2. The first-order chi connectivity index (χ1) is 33.1. The maximum Gasteiger partial charge on any atom is 0.248 e. The zero-order valence-corrected chi connectivity index (χ0v) is 43.5. The number of rotatable bonds is 6. The van der Waals surface area contributed by atoms with Crippen molar-refractivity contribution in [3.05, 3.63) is 171 Å². The predicted octanol–water partition coefficient (Wildman–Crippen LogP) is 10.8. The zero-order chi connectivity index (χ0) is 51.9. The Morgan fingerprint density at radius 2 is 0.743 bits per heavy atom. The van der Waals surface area contributed by atoms with Gasteiger partial charge in [-0.3, -0.25) is 9.59 Å². The number of carbonyl (C=O) groups excluding carboxylic acids is 2. The highest BCUT2D eigenvalue weighted by Gasteiger charge is 2.07. The van der Waals surface area contributed by atoms with Crippen LogP contribution in [0, 0.1) is 0 Å². The molecule has 0 aliphatic carbocycles. The molecule has 0 saturated heterocycles.